The van der Waals surface area contributed by atoms with Crippen LogP contribution in [0.15, 0.2) is 18.5 Å². The average molecular weight is 329 g/mol. The molecule has 7 heteroatoms. The molecule has 24 heavy (non-hydrogen) atoms. The first-order valence-electron chi connectivity index (χ1n) is 8.38. The Balaban J connectivity index is 1.82. The van der Waals surface area contributed by atoms with Crippen LogP contribution in [0.5, 0.6) is 0 Å². The lowest BCUT2D eigenvalue weighted by atomic mass is 9.92. The number of carbonyl (C=O) groups excluding carboxylic acids is 1. The molecular formula is C17H23N5O2. The second-order valence-electron chi connectivity index (χ2n) is 6.11. The van der Waals surface area contributed by atoms with Crippen LogP contribution in [0.3, 0.4) is 0 Å². The molecule has 1 unspecified atom stereocenters. The van der Waals surface area contributed by atoms with Gasteiger partial charge in [0.15, 0.2) is 0 Å². The molecular weight excluding hydrogens is 306 g/mol. The van der Waals surface area contributed by atoms with Crippen molar-refractivity contribution in [3.8, 4) is 0 Å². The molecule has 0 aromatic carbocycles. The van der Waals surface area contributed by atoms with Gasteiger partial charge in [-0.2, -0.15) is 5.10 Å². The molecule has 2 aromatic heterocycles. The van der Waals surface area contributed by atoms with E-state index in [0.717, 1.165) is 30.6 Å². The number of nitrogens with zero attached hydrogens (tertiary/aromatic N) is 5. The highest BCUT2D eigenvalue weighted by Crippen LogP contribution is 2.28. The highest BCUT2D eigenvalue weighted by molar-refractivity contribution is 5.92. The Labute approximate surface area is 141 Å². The van der Waals surface area contributed by atoms with Crippen molar-refractivity contribution in [3.63, 3.8) is 0 Å². The smallest absolute Gasteiger partial charge is 0.272 e. The molecule has 0 saturated carbocycles. The maximum absolute atomic E-state index is 12.8. The van der Waals surface area contributed by atoms with Gasteiger partial charge < -0.3 is 10.0 Å². The molecule has 128 valence electrons. The summed E-state index contributed by atoms with van der Waals surface area (Å²) in [6, 6.07) is 1.77. The van der Waals surface area contributed by atoms with Crippen LogP contribution in [-0.2, 0) is 13.2 Å². The van der Waals surface area contributed by atoms with Crippen molar-refractivity contribution in [1.82, 2.24) is 24.6 Å². The number of piperidine rings is 1. The molecule has 1 aliphatic rings. The van der Waals surface area contributed by atoms with E-state index < -0.39 is 0 Å². The van der Waals surface area contributed by atoms with Gasteiger partial charge in [-0.3, -0.25) is 9.48 Å². The predicted molar refractivity (Wildman–Crippen MR) is 88.5 cm³/mol. The van der Waals surface area contributed by atoms with Crippen LogP contribution in [-0.4, -0.2) is 48.8 Å². The van der Waals surface area contributed by atoms with Gasteiger partial charge in [-0.25, -0.2) is 9.97 Å². The van der Waals surface area contributed by atoms with Crippen LogP contribution in [0, 0.1) is 6.92 Å². The van der Waals surface area contributed by atoms with Gasteiger partial charge in [-0.15, -0.1) is 0 Å². The SMILES string of the molecule is CCn1nccc1C(=O)N1CCCC(c2nc(C)ncc2CO)C1. The fourth-order valence-corrected chi connectivity index (χ4v) is 3.30. The fraction of sp³-hybridized carbons (Fsp3) is 0.529. The molecule has 0 aliphatic carbocycles. The molecule has 3 heterocycles. The molecule has 1 N–H and O–H groups in total. The summed E-state index contributed by atoms with van der Waals surface area (Å²) >= 11 is 0. The zero-order valence-electron chi connectivity index (χ0n) is 14.1. The molecule has 1 aliphatic heterocycles. The van der Waals surface area contributed by atoms with Gasteiger partial charge in [0.1, 0.15) is 11.5 Å². The van der Waals surface area contributed by atoms with Crippen LogP contribution < -0.4 is 0 Å². The number of amides is 1. The standard InChI is InChI=1S/C17H23N5O2/c1-3-22-15(6-7-19-22)17(24)21-8-4-5-13(10-21)16-14(11-23)9-18-12(2)20-16/h6-7,9,13,23H,3-5,8,10-11H2,1-2H3. The molecule has 3 rings (SSSR count). The molecule has 7 nitrogen and oxygen atoms in total. The number of likely N-dealkylation sites (tertiary alicyclic amines) is 1. The van der Waals surface area contributed by atoms with Crippen molar-refractivity contribution in [3.05, 3.63) is 41.2 Å². The van der Waals surface area contributed by atoms with Gasteiger partial charge in [0, 0.05) is 43.5 Å². The van der Waals surface area contributed by atoms with Gasteiger partial charge in [0.05, 0.1) is 12.3 Å². The quantitative estimate of drug-likeness (QED) is 0.919. The molecule has 2 aromatic rings. The molecule has 1 fully saturated rings. The van der Waals surface area contributed by atoms with Crippen LogP contribution in [0.4, 0.5) is 0 Å². The van der Waals surface area contributed by atoms with Gasteiger partial charge >= 0.3 is 0 Å². The summed E-state index contributed by atoms with van der Waals surface area (Å²) in [4.78, 5) is 23.4. The summed E-state index contributed by atoms with van der Waals surface area (Å²) < 4.78 is 1.72. The summed E-state index contributed by atoms with van der Waals surface area (Å²) in [7, 11) is 0. The normalized spacial score (nSPS) is 18.0. The number of rotatable bonds is 4. The largest absolute Gasteiger partial charge is 0.392 e. The Morgan fingerprint density at radius 3 is 3.04 bits per heavy atom. The number of aryl methyl sites for hydroxylation is 2. The van der Waals surface area contributed by atoms with E-state index in [1.165, 1.54) is 0 Å². The Morgan fingerprint density at radius 1 is 1.46 bits per heavy atom. The second-order valence-corrected chi connectivity index (χ2v) is 6.11. The first-order chi connectivity index (χ1) is 11.6. The lowest BCUT2D eigenvalue weighted by molar-refractivity contribution is 0.0692. The maximum atomic E-state index is 12.8. The summed E-state index contributed by atoms with van der Waals surface area (Å²) in [5.41, 5.74) is 2.24. The topological polar surface area (TPSA) is 84.1 Å². The molecule has 1 saturated heterocycles. The first kappa shape index (κ1) is 16.6. The molecule has 1 amide bonds. The molecule has 1 atom stereocenters. The predicted octanol–water partition coefficient (Wildman–Crippen LogP) is 1.51. The third-order valence-electron chi connectivity index (χ3n) is 4.52. The lowest BCUT2D eigenvalue weighted by Crippen LogP contribution is -2.40. The van der Waals surface area contributed by atoms with E-state index >= 15 is 0 Å². The number of hydrogen-bond acceptors (Lipinski definition) is 5. The zero-order chi connectivity index (χ0) is 17.1. The van der Waals surface area contributed by atoms with Gasteiger partial charge in [0.2, 0.25) is 0 Å². The van der Waals surface area contributed by atoms with Crippen molar-refractivity contribution in [2.75, 3.05) is 13.1 Å². The van der Waals surface area contributed by atoms with Crippen molar-refractivity contribution < 1.29 is 9.90 Å². The van der Waals surface area contributed by atoms with Crippen molar-refractivity contribution >= 4 is 5.91 Å². The maximum Gasteiger partial charge on any atom is 0.272 e. The highest BCUT2D eigenvalue weighted by Gasteiger charge is 2.29. The monoisotopic (exact) mass is 329 g/mol. The summed E-state index contributed by atoms with van der Waals surface area (Å²) in [5, 5.41) is 13.7. The Kier molecular flexibility index (Phi) is 4.89. The number of carbonyl (C=O) groups is 1. The first-order valence-corrected chi connectivity index (χ1v) is 8.38. The highest BCUT2D eigenvalue weighted by atomic mass is 16.3. The van der Waals surface area contributed by atoms with Crippen LogP contribution in [0.2, 0.25) is 0 Å². The number of aliphatic hydroxyl groups excluding tert-OH is 1. The third kappa shape index (κ3) is 3.17. The molecule has 0 radical (unpaired) electrons. The minimum absolute atomic E-state index is 0.00961. The number of aliphatic hydroxyl groups is 1. The Hall–Kier alpha value is -2.28. The van der Waals surface area contributed by atoms with Crippen molar-refractivity contribution in [2.45, 2.75) is 45.8 Å². The Morgan fingerprint density at radius 2 is 2.29 bits per heavy atom. The van der Waals surface area contributed by atoms with Crippen molar-refractivity contribution in [1.29, 1.82) is 0 Å². The Bertz CT molecular complexity index is 728. The summed E-state index contributed by atoms with van der Waals surface area (Å²) in [6.07, 6.45) is 5.23. The van der Waals surface area contributed by atoms with Crippen LogP contribution in [0.1, 0.15) is 53.3 Å². The zero-order valence-corrected chi connectivity index (χ0v) is 14.1. The average Bonchev–Trinajstić information content (AvgIpc) is 3.10. The number of hydrogen-bond donors (Lipinski definition) is 1. The third-order valence-corrected chi connectivity index (χ3v) is 4.52. The van der Waals surface area contributed by atoms with E-state index in [2.05, 4.69) is 15.1 Å². The van der Waals surface area contributed by atoms with E-state index in [-0.39, 0.29) is 18.4 Å². The van der Waals surface area contributed by atoms with E-state index in [1.54, 1.807) is 23.1 Å². The van der Waals surface area contributed by atoms with Crippen LogP contribution >= 0.6 is 0 Å². The summed E-state index contributed by atoms with van der Waals surface area (Å²) in [5.74, 6) is 0.828. The van der Waals surface area contributed by atoms with E-state index in [1.807, 2.05) is 18.7 Å². The summed E-state index contributed by atoms with van der Waals surface area (Å²) in [6.45, 7) is 5.75. The second kappa shape index (κ2) is 7.09. The molecule has 0 bridgehead atoms. The van der Waals surface area contributed by atoms with Crippen molar-refractivity contribution in [2.24, 2.45) is 0 Å². The van der Waals surface area contributed by atoms with Gasteiger partial charge in [-0.05, 0) is 32.8 Å². The minimum atomic E-state index is -0.0807. The number of aromatic nitrogens is 4. The minimum Gasteiger partial charge on any atom is -0.392 e. The van der Waals surface area contributed by atoms with E-state index in [4.69, 9.17) is 0 Å². The van der Waals surface area contributed by atoms with E-state index in [0.29, 0.717) is 24.6 Å². The van der Waals surface area contributed by atoms with Gasteiger partial charge in [0.25, 0.3) is 5.91 Å². The van der Waals surface area contributed by atoms with E-state index in [9.17, 15) is 9.90 Å². The van der Waals surface area contributed by atoms with Gasteiger partial charge in [-0.1, -0.05) is 0 Å². The fourth-order valence-electron chi connectivity index (χ4n) is 3.30. The van der Waals surface area contributed by atoms with Crippen LogP contribution in [0.25, 0.3) is 0 Å². The lowest BCUT2D eigenvalue weighted by Gasteiger charge is -2.33. The molecule has 0 spiro atoms.